The van der Waals surface area contributed by atoms with Gasteiger partial charge in [-0.25, -0.2) is 4.79 Å². The quantitative estimate of drug-likeness (QED) is 0.448. The van der Waals surface area contributed by atoms with Crippen LogP contribution >= 0.6 is 0 Å². The lowest BCUT2D eigenvalue weighted by atomic mass is 10.00. The van der Waals surface area contributed by atoms with E-state index in [1.165, 1.54) is 5.56 Å². The van der Waals surface area contributed by atoms with Crippen LogP contribution in [0, 0.1) is 0 Å². The van der Waals surface area contributed by atoms with Crippen molar-refractivity contribution in [1.29, 1.82) is 0 Å². The van der Waals surface area contributed by atoms with E-state index in [0.717, 1.165) is 39.2 Å². The summed E-state index contributed by atoms with van der Waals surface area (Å²) < 4.78 is 3.35. The van der Waals surface area contributed by atoms with Crippen molar-refractivity contribution in [3.63, 3.8) is 0 Å². The molecule has 0 fully saturated rings. The number of hydrogen-bond donors (Lipinski definition) is 2. The molecule has 0 radical (unpaired) electrons. The first-order valence-corrected chi connectivity index (χ1v) is 10.2. The first kappa shape index (κ1) is 18.9. The molecule has 0 aliphatic heterocycles. The molecule has 0 saturated carbocycles. The first-order chi connectivity index (χ1) is 15.1. The highest BCUT2D eigenvalue weighted by atomic mass is 16.1. The van der Waals surface area contributed by atoms with Gasteiger partial charge in [0.25, 0.3) is 0 Å². The number of H-pyrrole nitrogens is 1. The number of aryl methyl sites for hydroxylation is 2. The molecule has 3 aromatic carbocycles. The summed E-state index contributed by atoms with van der Waals surface area (Å²) in [5, 5.41) is 11.3. The molecule has 0 bridgehead atoms. The fourth-order valence-corrected chi connectivity index (χ4v) is 4.01. The van der Waals surface area contributed by atoms with Crippen molar-refractivity contribution in [2.24, 2.45) is 14.1 Å². The smallest absolute Gasteiger partial charge is 0.328 e. The van der Waals surface area contributed by atoms with Crippen LogP contribution < -0.4 is 11.0 Å². The predicted molar refractivity (Wildman–Crippen MR) is 125 cm³/mol. The number of fused-ring (bicyclic) bond motifs is 1. The minimum absolute atomic E-state index is 0.0370. The SMILES string of the molecule is Cn1c(=O)n(C)c2cc(-c3c(NCc4ccccc4)n[nH]c3-c3ccccc3)ccc21. The van der Waals surface area contributed by atoms with Crippen molar-refractivity contribution in [1.82, 2.24) is 19.3 Å². The van der Waals surface area contributed by atoms with Gasteiger partial charge in [-0.1, -0.05) is 66.7 Å². The maximum absolute atomic E-state index is 12.4. The van der Waals surface area contributed by atoms with Crippen LogP contribution in [-0.4, -0.2) is 19.3 Å². The standard InChI is InChI=1S/C25H23N5O/c1-29-20-14-13-19(15-21(20)30(2)25(29)31)22-23(18-11-7-4-8-12-18)27-28-24(22)26-16-17-9-5-3-6-10-17/h3-15H,16H2,1-2H3,(H2,26,27,28). The van der Waals surface area contributed by atoms with Gasteiger partial charge in [-0.2, -0.15) is 5.10 Å². The van der Waals surface area contributed by atoms with E-state index in [1.54, 1.807) is 23.2 Å². The molecule has 0 aliphatic rings. The topological polar surface area (TPSA) is 67.6 Å². The summed E-state index contributed by atoms with van der Waals surface area (Å²) >= 11 is 0. The molecule has 31 heavy (non-hydrogen) atoms. The number of anilines is 1. The van der Waals surface area contributed by atoms with Gasteiger partial charge in [-0.05, 0) is 23.3 Å². The minimum Gasteiger partial charge on any atom is -0.364 e. The summed E-state index contributed by atoms with van der Waals surface area (Å²) in [6.45, 7) is 0.666. The highest BCUT2D eigenvalue weighted by Gasteiger charge is 2.18. The predicted octanol–water partition coefficient (Wildman–Crippen LogP) is 4.55. The molecule has 2 heterocycles. The van der Waals surface area contributed by atoms with Crippen LogP contribution in [0.25, 0.3) is 33.4 Å². The Labute approximate surface area is 179 Å². The average molecular weight is 409 g/mol. The normalized spacial score (nSPS) is 11.2. The zero-order valence-electron chi connectivity index (χ0n) is 17.5. The summed E-state index contributed by atoms with van der Waals surface area (Å²) in [6.07, 6.45) is 0. The lowest BCUT2D eigenvalue weighted by molar-refractivity contribution is 0.795. The molecular formula is C25H23N5O. The molecule has 6 heteroatoms. The molecule has 0 aliphatic carbocycles. The molecule has 0 spiro atoms. The van der Waals surface area contributed by atoms with E-state index in [2.05, 4.69) is 45.8 Å². The van der Waals surface area contributed by atoms with Gasteiger partial charge < -0.3 is 5.32 Å². The number of aromatic nitrogens is 4. The molecule has 0 atom stereocenters. The lowest BCUT2D eigenvalue weighted by Crippen LogP contribution is -2.19. The summed E-state index contributed by atoms with van der Waals surface area (Å²) in [5.74, 6) is 0.781. The van der Waals surface area contributed by atoms with Crippen molar-refractivity contribution in [3.8, 4) is 22.4 Å². The number of rotatable bonds is 5. The van der Waals surface area contributed by atoms with Gasteiger partial charge in [0.15, 0.2) is 5.82 Å². The highest BCUT2D eigenvalue weighted by molar-refractivity contribution is 5.92. The second-order valence-corrected chi connectivity index (χ2v) is 7.63. The number of nitrogens with zero attached hydrogens (tertiary/aromatic N) is 3. The maximum atomic E-state index is 12.4. The molecule has 154 valence electrons. The molecule has 0 amide bonds. The van der Waals surface area contributed by atoms with Crippen molar-refractivity contribution >= 4 is 16.9 Å². The molecule has 0 saturated heterocycles. The zero-order chi connectivity index (χ0) is 21.4. The number of nitrogens with one attached hydrogen (secondary N) is 2. The Balaban J connectivity index is 1.65. The molecule has 5 rings (SSSR count). The van der Waals surface area contributed by atoms with E-state index in [-0.39, 0.29) is 5.69 Å². The van der Waals surface area contributed by atoms with Gasteiger partial charge in [0.1, 0.15) is 0 Å². The largest absolute Gasteiger partial charge is 0.364 e. The third-order valence-corrected chi connectivity index (χ3v) is 5.69. The second kappa shape index (κ2) is 7.65. The number of benzene rings is 3. The minimum atomic E-state index is -0.0370. The van der Waals surface area contributed by atoms with E-state index in [9.17, 15) is 4.79 Å². The average Bonchev–Trinajstić information content (AvgIpc) is 3.34. The van der Waals surface area contributed by atoms with Crippen molar-refractivity contribution < 1.29 is 0 Å². The summed E-state index contributed by atoms with van der Waals surface area (Å²) in [4.78, 5) is 12.4. The van der Waals surface area contributed by atoms with Crippen LogP contribution in [-0.2, 0) is 20.6 Å². The Kier molecular flexibility index (Phi) is 4.67. The maximum Gasteiger partial charge on any atom is 0.328 e. The van der Waals surface area contributed by atoms with Crippen LogP contribution in [0.3, 0.4) is 0 Å². The van der Waals surface area contributed by atoms with Gasteiger partial charge in [0.05, 0.1) is 22.3 Å². The lowest BCUT2D eigenvalue weighted by Gasteiger charge is -2.10. The van der Waals surface area contributed by atoms with Gasteiger partial charge in [-0.3, -0.25) is 14.2 Å². The fourth-order valence-electron chi connectivity index (χ4n) is 4.01. The van der Waals surface area contributed by atoms with Crippen LogP contribution in [0.5, 0.6) is 0 Å². The van der Waals surface area contributed by atoms with E-state index >= 15 is 0 Å². The molecular weight excluding hydrogens is 386 g/mol. The number of aromatic amines is 1. The van der Waals surface area contributed by atoms with E-state index in [0.29, 0.717) is 6.54 Å². The molecule has 2 N–H and O–H groups in total. The molecule has 0 unspecified atom stereocenters. The Hall–Kier alpha value is -4.06. The van der Waals surface area contributed by atoms with Crippen molar-refractivity contribution in [3.05, 3.63) is 94.9 Å². The summed E-state index contributed by atoms with van der Waals surface area (Å²) in [7, 11) is 3.60. The van der Waals surface area contributed by atoms with Crippen LogP contribution in [0.4, 0.5) is 5.82 Å². The van der Waals surface area contributed by atoms with Crippen LogP contribution in [0.2, 0.25) is 0 Å². The third kappa shape index (κ3) is 3.32. The number of imidazole rings is 1. The van der Waals surface area contributed by atoms with E-state index < -0.39 is 0 Å². The third-order valence-electron chi connectivity index (χ3n) is 5.69. The Morgan fingerprint density at radius 2 is 1.52 bits per heavy atom. The molecule has 2 aromatic heterocycles. The number of hydrogen-bond acceptors (Lipinski definition) is 3. The first-order valence-electron chi connectivity index (χ1n) is 10.2. The molecule has 5 aromatic rings. The van der Waals surface area contributed by atoms with Gasteiger partial charge in [-0.15, -0.1) is 0 Å². The van der Waals surface area contributed by atoms with Crippen molar-refractivity contribution in [2.75, 3.05) is 5.32 Å². The van der Waals surface area contributed by atoms with Gasteiger partial charge in [0, 0.05) is 26.2 Å². The van der Waals surface area contributed by atoms with E-state index in [1.807, 2.05) is 48.5 Å². The second-order valence-electron chi connectivity index (χ2n) is 7.63. The monoisotopic (exact) mass is 409 g/mol. The van der Waals surface area contributed by atoms with Gasteiger partial charge in [0.2, 0.25) is 0 Å². The Morgan fingerprint density at radius 3 is 2.26 bits per heavy atom. The Bertz CT molecular complexity index is 1410. The zero-order valence-corrected chi connectivity index (χ0v) is 17.5. The highest BCUT2D eigenvalue weighted by Crippen LogP contribution is 2.37. The Morgan fingerprint density at radius 1 is 0.839 bits per heavy atom. The van der Waals surface area contributed by atoms with Gasteiger partial charge >= 0.3 is 5.69 Å². The van der Waals surface area contributed by atoms with Crippen LogP contribution in [0.15, 0.2) is 83.7 Å². The van der Waals surface area contributed by atoms with Crippen molar-refractivity contribution in [2.45, 2.75) is 6.54 Å². The molecule has 6 nitrogen and oxygen atoms in total. The van der Waals surface area contributed by atoms with E-state index in [4.69, 9.17) is 0 Å². The summed E-state index contributed by atoms with van der Waals surface area (Å²) in [5.41, 5.74) is 6.91. The fraction of sp³-hybridized carbons (Fsp3) is 0.120. The van der Waals surface area contributed by atoms with Crippen LogP contribution in [0.1, 0.15) is 5.56 Å². The summed E-state index contributed by atoms with van der Waals surface area (Å²) in [6, 6.07) is 26.5.